The molecule has 16 heavy (non-hydrogen) atoms. The van der Waals surface area contributed by atoms with Crippen LogP contribution in [0, 0.1) is 9.62 Å². The molecule has 5 heteroatoms. The lowest BCUT2D eigenvalue weighted by molar-refractivity contribution is -0.117. The van der Waals surface area contributed by atoms with Gasteiger partial charge in [0.05, 0.1) is 11.9 Å². The Labute approximate surface area is 106 Å². The molecule has 4 nitrogen and oxygen atoms in total. The molecule has 0 spiro atoms. The minimum Gasteiger partial charge on any atom is -0.323 e. The van der Waals surface area contributed by atoms with E-state index in [2.05, 4.69) is 32.9 Å². The van der Waals surface area contributed by atoms with E-state index in [-0.39, 0.29) is 11.8 Å². The summed E-state index contributed by atoms with van der Waals surface area (Å²) in [6.45, 7) is 0. The van der Waals surface area contributed by atoms with Gasteiger partial charge in [-0.1, -0.05) is 0 Å². The second-order valence-electron chi connectivity index (χ2n) is 3.96. The largest absolute Gasteiger partial charge is 0.323 e. The summed E-state index contributed by atoms with van der Waals surface area (Å²) in [4.78, 5) is 16.0. The second kappa shape index (κ2) is 3.73. The van der Waals surface area contributed by atoms with Crippen LogP contribution in [0.2, 0.25) is 0 Å². The van der Waals surface area contributed by atoms with Crippen LogP contribution in [-0.4, -0.2) is 15.3 Å². The summed E-state index contributed by atoms with van der Waals surface area (Å²) in [6.07, 6.45) is 5.77. The maximum absolute atomic E-state index is 11.7. The molecule has 3 rings (SSSR count). The van der Waals surface area contributed by atoms with Gasteiger partial charge in [-0.3, -0.25) is 9.20 Å². The average Bonchev–Trinajstić information content (AvgIpc) is 3.05. The Morgan fingerprint density at radius 2 is 2.38 bits per heavy atom. The number of aromatic nitrogens is 2. The van der Waals surface area contributed by atoms with E-state index < -0.39 is 0 Å². The van der Waals surface area contributed by atoms with Crippen molar-refractivity contribution in [2.24, 2.45) is 5.92 Å². The van der Waals surface area contributed by atoms with Crippen molar-refractivity contribution < 1.29 is 4.79 Å². The van der Waals surface area contributed by atoms with Gasteiger partial charge < -0.3 is 5.32 Å². The highest BCUT2D eigenvalue weighted by molar-refractivity contribution is 14.1. The van der Waals surface area contributed by atoms with Gasteiger partial charge in [-0.2, -0.15) is 0 Å². The van der Waals surface area contributed by atoms with Crippen LogP contribution >= 0.6 is 22.6 Å². The number of hydrogen-bond acceptors (Lipinski definition) is 2. The minimum atomic E-state index is 0.117. The van der Waals surface area contributed by atoms with Crippen LogP contribution in [0.15, 0.2) is 24.5 Å². The molecule has 1 amide bonds. The number of anilines is 1. The summed E-state index contributed by atoms with van der Waals surface area (Å²) >= 11 is 2.22. The van der Waals surface area contributed by atoms with E-state index in [9.17, 15) is 4.79 Å². The van der Waals surface area contributed by atoms with Gasteiger partial charge in [-0.05, 0) is 47.6 Å². The highest BCUT2D eigenvalue weighted by Crippen LogP contribution is 2.30. The average molecular weight is 327 g/mol. The molecule has 1 saturated carbocycles. The number of carbonyl (C=O) groups is 1. The lowest BCUT2D eigenvalue weighted by atomic mass is 10.3. The molecule has 2 aromatic heterocycles. The summed E-state index contributed by atoms with van der Waals surface area (Å²) < 4.78 is 3.00. The molecule has 0 radical (unpaired) electrons. The quantitative estimate of drug-likeness (QED) is 0.861. The van der Waals surface area contributed by atoms with E-state index in [1.54, 1.807) is 6.20 Å². The van der Waals surface area contributed by atoms with Crippen LogP contribution in [0.3, 0.4) is 0 Å². The van der Waals surface area contributed by atoms with Crippen molar-refractivity contribution >= 4 is 39.8 Å². The van der Waals surface area contributed by atoms with Crippen LogP contribution in [-0.2, 0) is 4.79 Å². The Kier molecular flexibility index (Phi) is 2.34. The molecule has 2 aromatic rings. The van der Waals surface area contributed by atoms with Gasteiger partial charge in [0, 0.05) is 12.1 Å². The lowest BCUT2D eigenvalue weighted by Gasteiger charge is -2.05. The van der Waals surface area contributed by atoms with Crippen molar-refractivity contribution in [3.63, 3.8) is 0 Å². The molecule has 0 bridgehead atoms. The van der Waals surface area contributed by atoms with E-state index >= 15 is 0 Å². The number of carbonyl (C=O) groups excluding carboxylic acids is 1. The topological polar surface area (TPSA) is 46.4 Å². The van der Waals surface area contributed by atoms with E-state index in [1.165, 1.54) is 0 Å². The molecule has 0 saturated heterocycles. The van der Waals surface area contributed by atoms with Crippen molar-refractivity contribution in [1.29, 1.82) is 0 Å². The predicted molar refractivity (Wildman–Crippen MR) is 69.3 cm³/mol. The number of pyridine rings is 1. The number of imidazole rings is 1. The molecule has 0 aliphatic heterocycles. The molecule has 0 unspecified atom stereocenters. The molecule has 1 N–H and O–H groups in total. The number of nitrogens with zero attached hydrogens (tertiary/aromatic N) is 2. The van der Waals surface area contributed by atoms with Gasteiger partial charge in [0.15, 0.2) is 5.65 Å². The SMILES string of the molecule is O=C(Nc1cccn2c(I)cnc12)C1CC1. The summed E-state index contributed by atoms with van der Waals surface area (Å²) in [5.74, 6) is 0.334. The normalized spacial score (nSPS) is 15.3. The Morgan fingerprint density at radius 1 is 1.56 bits per heavy atom. The fourth-order valence-corrected chi connectivity index (χ4v) is 2.19. The van der Waals surface area contributed by atoms with Crippen molar-refractivity contribution in [2.45, 2.75) is 12.8 Å². The number of nitrogens with one attached hydrogen (secondary N) is 1. The van der Waals surface area contributed by atoms with Crippen LogP contribution in [0.4, 0.5) is 5.69 Å². The highest BCUT2D eigenvalue weighted by Gasteiger charge is 2.29. The highest BCUT2D eigenvalue weighted by atomic mass is 127. The maximum atomic E-state index is 11.7. The molecule has 82 valence electrons. The monoisotopic (exact) mass is 327 g/mol. The zero-order valence-corrected chi connectivity index (χ0v) is 10.6. The van der Waals surface area contributed by atoms with Crippen LogP contribution in [0.5, 0.6) is 0 Å². The summed E-state index contributed by atoms with van der Waals surface area (Å²) in [5, 5.41) is 2.93. The molecule has 1 aliphatic rings. The number of amides is 1. The standard InChI is InChI=1S/C11H10IN3O/c12-9-6-13-10-8(2-1-5-15(9)10)14-11(16)7-3-4-7/h1-2,5-7H,3-4H2,(H,14,16). The third kappa shape index (κ3) is 1.68. The lowest BCUT2D eigenvalue weighted by Crippen LogP contribution is -2.14. The molecular weight excluding hydrogens is 317 g/mol. The Bertz CT molecular complexity index is 559. The Hall–Kier alpha value is -1.11. The predicted octanol–water partition coefficient (Wildman–Crippen LogP) is 2.29. The molecular formula is C11H10IN3O. The summed E-state index contributed by atoms with van der Waals surface area (Å²) in [7, 11) is 0. The molecule has 1 aliphatic carbocycles. The van der Waals surface area contributed by atoms with Crippen LogP contribution in [0.25, 0.3) is 5.65 Å². The maximum Gasteiger partial charge on any atom is 0.227 e. The van der Waals surface area contributed by atoms with E-state index in [1.807, 2.05) is 22.7 Å². The van der Waals surface area contributed by atoms with Gasteiger partial charge in [0.1, 0.15) is 3.70 Å². The van der Waals surface area contributed by atoms with E-state index in [0.29, 0.717) is 0 Å². The van der Waals surface area contributed by atoms with Crippen LogP contribution in [0.1, 0.15) is 12.8 Å². The zero-order valence-electron chi connectivity index (χ0n) is 8.48. The third-order valence-electron chi connectivity index (χ3n) is 2.70. The van der Waals surface area contributed by atoms with Crippen molar-refractivity contribution in [2.75, 3.05) is 5.32 Å². The fourth-order valence-electron chi connectivity index (χ4n) is 1.66. The van der Waals surface area contributed by atoms with Gasteiger partial charge >= 0.3 is 0 Å². The first-order chi connectivity index (χ1) is 7.75. The Balaban J connectivity index is 1.99. The zero-order chi connectivity index (χ0) is 11.1. The third-order valence-corrected chi connectivity index (χ3v) is 3.49. The first kappa shape index (κ1) is 10.1. The van der Waals surface area contributed by atoms with Gasteiger partial charge in [-0.25, -0.2) is 4.98 Å². The first-order valence-corrected chi connectivity index (χ1v) is 6.26. The number of rotatable bonds is 2. The first-order valence-electron chi connectivity index (χ1n) is 5.18. The van der Waals surface area contributed by atoms with Crippen molar-refractivity contribution in [3.8, 4) is 0 Å². The Morgan fingerprint density at radius 3 is 3.12 bits per heavy atom. The summed E-state index contributed by atoms with van der Waals surface area (Å²) in [6, 6.07) is 3.80. The van der Waals surface area contributed by atoms with Crippen molar-refractivity contribution in [1.82, 2.24) is 9.38 Å². The number of halogens is 1. The van der Waals surface area contributed by atoms with Gasteiger partial charge in [-0.15, -0.1) is 0 Å². The van der Waals surface area contributed by atoms with E-state index in [4.69, 9.17) is 0 Å². The smallest absolute Gasteiger partial charge is 0.227 e. The number of fused-ring (bicyclic) bond motifs is 1. The minimum absolute atomic E-state index is 0.117. The number of hydrogen-bond donors (Lipinski definition) is 1. The van der Waals surface area contributed by atoms with Gasteiger partial charge in [0.25, 0.3) is 0 Å². The van der Waals surface area contributed by atoms with Crippen molar-refractivity contribution in [3.05, 3.63) is 28.2 Å². The van der Waals surface area contributed by atoms with Crippen LogP contribution < -0.4 is 5.32 Å². The molecule has 1 fully saturated rings. The van der Waals surface area contributed by atoms with E-state index in [0.717, 1.165) is 27.9 Å². The fraction of sp³-hybridized carbons (Fsp3) is 0.273. The molecule has 0 aromatic carbocycles. The van der Waals surface area contributed by atoms with Gasteiger partial charge in [0.2, 0.25) is 5.91 Å². The molecule has 2 heterocycles. The second-order valence-corrected chi connectivity index (χ2v) is 5.07. The molecule has 0 atom stereocenters. The summed E-state index contributed by atoms with van der Waals surface area (Å²) in [5.41, 5.74) is 1.60.